The van der Waals surface area contributed by atoms with Crippen LogP contribution in [0, 0.1) is 10.4 Å². The van der Waals surface area contributed by atoms with Crippen molar-refractivity contribution in [2.75, 3.05) is 0 Å². The van der Waals surface area contributed by atoms with Crippen molar-refractivity contribution < 1.29 is 29.2 Å². The maximum atomic E-state index is 12.1. The zero-order valence-corrected chi connectivity index (χ0v) is 9.41. The number of aldehydes is 1. The second kappa shape index (κ2) is 3.93. The summed E-state index contributed by atoms with van der Waals surface area (Å²) in [4.78, 5) is 33.6. The molecule has 3 rings (SSSR count). The number of benzene rings is 1. The van der Waals surface area contributed by atoms with Crippen LogP contribution in [0.15, 0.2) is 18.2 Å². The number of fused-ring (bicyclic) bond motifs is 2. The molecule has 0 saturated carbocycles. The third-order valence-electron chi connectivity index (χ3n) is 3.32. The van der Waals surface area contributed by atoms with Crippen molar-refractivity contribution in [2.45, 2.75) is 12.1 Å². The summed E-state index contributed by atoms with van der Waals surface area (Å²) in [6.07, 6.45) is 0.530. The molecule has 1 aromatic rings. The van der Waals surface area contributed by atoms with Gasteiger partial charge in [-0.25, -0.2) is 9.59 Å². The summed E-state index contributed by atoms with van der Waals surface area (Å²) < 4.78 is 4.35. The number of cyclic esters (lactones) is 2. The molecule has 8 heteroatoms. The first kappa shape index (κ1) is 11.9. The van der Waals surface area contributed by atoms with E-state index in [0.29, 0.717) is 6.29 Å². The monoisotopic (exact) mass is 264 g/mol. The molecule has 1 aromatic carbocycles. The first-order valence-corrected chi connectivity index (χ1v) is 5.48. The minimum absolute atomic E-state index is 0.0116. The predicted octanol–water partition coefficient (Wildman–Crippen LogP) is -2.64. The summed E-state index contributed by atoms with van der Waals surface area (Å²) >= 11 is 0. The van der Waals surface area contributed by atoms with E-state index >= 15 is 0 Å². The standard InChI is InChI=1S/C11H8N2O6/c14-4-5-1-2-6-7(3-5)13(18)9-8(12(6)17)10(15)19-11(9)16/h1-4,8-9,12-13H. The van der Waals surface area contributed by atoms with Gasteiger partial charge in [-0.2, -0.15) is 0 Å². The fourth-order valence-corrected chi connectivity index (χ4v) is 2.40. The number of hydroxylamine groups is 2. The van der Waals surface area contributed by atoms with Crippen LogP contribution in [0.4, 0.5) is 11.4 Å². The molecule has 1 fully saturated rings. The van der Waals surface area contributed by atoms with E-state index in [1.54, 1.807) is 0 Å². The van der Waals surface area contributed by atoms with Gasteiger partial charge in [0.2, 0.25) is 0 Å². The first-order valence-electron chi connectivity index (χ1n) is 5.48. The molecular formula is C11H8N2O6. The van der Waals surface area contributed by atoms with Crippen molar-refractivity contribution in [3.63, 3.8) is 0 Å². The summed E-state index contributed by atoms with van der Waals surface area (Å²) in [5, 5.41) is 23.0. The number of hydrogen-bond acceptors (Lipinski definition) is 6. The van der Waals surface area contributed by atoms with E-state index in [0.717, 1.165) is 0 Å². The van der Waals surface area contributed by atoms with Gasteiger partial charge in [0.15, 0.2) is 11.4 Å². The Balaban J connectivity index is 2.16. The number of hydrogen-bond donors (Lipinski definition) is 2. The number of nitrogens with one attached hydrogen (secondary N) is 2. The second-order valence-electron chi connectivity index (χ2n) is 4.35. The average Bonchev–Trinajstić information content (AvgIpc) is 2.70. The molecular weight excluding hydrogens is 256 g/mol. The second-order valence-corrected chi connectivity index (χ2v) is 4.35. The predicted molar refractivity (Wildman–Crippen MR) is 58.5 cm³/mol. The number of ether oxygens (including phenoxy) is 1. The molecule has 2 aliphatic rings. The Kier molecular flexibility index (Phi) is 2.47. The summed E-state index contributed by atoms with van der Waals surface area (Å²) in [6, 6.07) is 1.14. The molecule has 0 amide bonds. The zero-order valence-electron chi connectivity index (χ0n) is 9.41. The number of carbonyl (C=O) groups excluding carboxylic acids is 3. The third-order valence-corrected chi connectivity index (χ3v) is 3.32. The van der Waals surface area contributed by atoms with Crippen LogP contribution in [0.25, 0.3) is 0 Å². The maximum absolute atomic E-state index is 12.1. The van der Waals surface area contributed by atoms with Crippen molar-refractivity contribution in [1.82, 2.24) is 0 Å². The molecule has 4 atom stereocenters. The van der Waals surface area contributed by atoms with Crippen molar-refractivity contribution in [3.05, 3.63) is 34.2 Å². The molecule has 0 radical (unpaired) electrons. The van der Waals surface area contributed by atoms with E-state index in [1.807, 2.05) is 0 Å². The number of esters is 2. The fourth-order valence-electron chi connectivity index (χ4n) is 2.40. The highest BCUT2D eigenvalue weighted by Gasteiger charge is 2.58. The van der Waals surface area contributed by atoms with Crippen LogP contribution in [0.2, 0.25) is 0 Å². The van der Waals surface area contributed by atoms with E-state index in [9.17, 15) is 24.8 Å². The normalized spacial score (nSPS) is 32.5. The van der Waals surface area contributed by atoms with Crippen molar-refractivity contribution >= 4 is 29.6 Å². The molecule has 2 N–H and O–H groups in total. The van der Waals surface area contributed by atoms with E-state index < -0.39 is 34.1 Å². The third kappa shape index (κ3) is 1.52. The lowest BCUT2D eigenvalue weighted by Gasteiger charge is -2.39. The van der Waals surface area contributed by atoms with Crippen LogP contribution in [0.1, 0.15) is 10.4 Å². The molecule has 0 aliphatic carbocycles. The Hall–Kier alpha value is -2.13. The van der Waals surface area contributed by atoms with Crippen LogP contribution in [-0.2, 0) is 14.3 Å². The average molecular weight is 264 g/mol. The van der Waals surface area contributed by atoms with Gasteiger partial charge < -0.3 is 25.3 Å². The van der Waals surface area contributed by atoms with Gasteiger partial charge in [0.05, 0.1) is 0 Å². The van der Waals surface area contributed by atoms with Gasteiger partial charge in [0.25, 0.3) is 12.1 Å². The maximum Gasteiger partial charge on any atom is 0.380 e. The Labute approximate surface area is 106 Å². The highest BCUT2D eigenvalue weighted by atomic mass is 16.6. The molecule has 2 heterocycles. The van der Waals surface area contributed by atoms with Crippen molar-refractivity contribution in [1.29, 1.82) is 0 Å². The topological polar surface area (TPSA) is 115 Å². The van der Waals surface area contributed by atoms with Gasteiger partial charge in [-0.3, -0.25) is 4.79 Å². The Morgan fingerprint density at radius 2 is 1.63 bits per heavy atom. The van der Waals surface area contributed by atoms with E-state index in [4.69, 9.17) is 0 Å². The molecule has 98 valence electrons. The Morgan fingerprint density at radius 3 is 2.21 bits per heavy atom. The lowest BCUT2D eigenvalue weighted by atomic mass is 10.0. The summed E-state index contributed by atoms with van der Waals surface area (Å²) in [6.45, 7) is 0. The number of quaternary nitrogens is 2. The van der Waals surface area contributed by atoms with E-state index in [2.05, 4.69) is 4.74 Å². The fraction of sp³-hybridized carbons (Fsp3) is 0.182. The number of rotatable bonds is 1. The highest BCUT2D eigenvalue weighted by Crippen LogP contribution is 2.22. The molecule has 0 bridgehead atoms. The van der Waals surface area contributed by atoms with Gasteiger partial charge in [-0.05, 0) is 6.07 Å². The largest absolute Gasteiger partial charge is 0.628 e. The Bertz CT molecular complexity index is 601. The molecule has 2 aliphatic heterocycles. The van der Waals surface area contributed by atoms with Gasteiger partial charge in [-0.1, -0.05) is 0 Å². The van der Waals surface area contributed by atoms with Gasteiger partial charge in [-0.15, -0.1) is 0 Å². The van der Waals surface area contributed by atoms with Gasteiger partial charge >= 0.3 is 11.9 Å². The molecule has 8 nitrogen and oxygen atoms in total. The van der Waals surface area contributed by atoms with Gasteiger partial charge in [0.1, 0.15) is 6.29 Å². The summed E-state index contributed by atoms with van der Waals surface area (Å²) in [5.74, 6) is -1.99. The van der Waals surface area contributed by atoms with Crippen molar-refractivity contribution in [3.8, 4) is 0 Å². The van der Waals surface area contributed by atoms with E-state index in [-0.39, 0.29) is 16.9 Å². The zero-order chi connectivity index (χ0) is 13.7. The van der Waals surface area contributed by atoms with Crippen LogP contribution >= 0.6 is 0 Å². The molecule has 19 heavy (non-hydrogen) atoms. The molecule has 0 aromatic heterocycles. The number of carbonyl (C=O) groups is 3. The minimum Gasteiger partial charge on any atom is -0.628 e. The van der Waals surface area contributed by atoms with Crippen molar-refractivity contribution in [2.24, 2.45) is 0 Å². The minimum atomic E-state index is -1.41. The first-order chi connectivity index (χ1) is 9.04. The molecule has 1 saturated heterocycles. The van der Waals surface area contributed by atoms with Crippen LogP contribution in [0.3, 0.4) is 0 Å². The van der Waals surface area contributed by atoms with Gasteiger partial charge in [0, 0.05) is 17.7 Å². The molecule has 4 unspecified atom stereocenters. The lowest BCUT2D eigenvalue weighted by molar-refractivity contribution is -0.895. The van der Waals surface area contributed by atoms with Crippen LogP contribution in [0.5, 0.6) is 0 Å². The van der Waals surface area contributed by atoms with Crippen LogP contribution in [-0.4, -0.2) is 30.3 Å². The Morgan fingerprint density at radius 1 is 1.05 bits per heavy atom. The van der Waals surface area contributed by atoms with E-state index in [1.165, 1.54) is 18.2 Å². The smallest absolute Gasteiger partial charge is 0.380 e. The molecule has 0 spiro atoms. The summed E-state index contributed by atoms with van der Waals surface area (Å²) in [5.41, 5.74) is 0.252. The van der Waals surface area contributed by atoms with Crippen LogP contribution < -0.4 is 10.1 Å². The SMILES string of the molecule is O=Cc1ccc2c(c1)[NH+]([O-])C1C(=O)OC(=O)C1[NH+]2[O-]. The highest BCUT2D eigenvalue weighted by molar-refractivity contribution is 6.00. The summed E-state index contributed by atoms with van der Waals surface area (Å²) in [7, 11) is 0. The quantitative estimate of drug-likeness (QED) is 0.248. The lowest BCUT2D eigenvalue weighted by Crippen LogP contribution is -3.23.